The molecule has 104 valence electrons. The predicted octanol–water partition coefficient (Wildman–Crippen LogP) is 0.674. The molecule has 0 aliphatic rings. The third kappa shape index (κ3) is 4.32. The van der Waals surface area contributed by atoms with Crippen LogP contribution in [-0.2, 0) is 10.8 Å². The Morgan fingerprint density at radius 2 is 2.21 bits per heavy atom. The standard InChI is InChI=1S/C11H15N3O4S/c1-7(6-19(2)18)13-11(15)8-3-4-10(14(16)17)9(12)5-8/h3-5,7H,6,12H2,1-2H3,(H,13,15). The van der Waals surface area contributed by atoms with Crippen LogP contribution in [0.1, 0.15) is 17.3 Å². The maximum atomic E-state index is 11.8. The number of rotatable bonds is 5. The van der Waals surface area contributed by atoms with Crippen LogP contribution in [0.5, 0.6) is 0 Å². The summed E-state index contributed by atoms with van der Waals surface area (Å²) in [6.45, 7) is 1.73. The monoisotopic (exact) mass is 285 g/mol. The molecule has 0 fully saturated rings. The van der Waals surface area contributed by atoms with Crippen LogP contribution in [0.15, 0.2) is 18.2 Å². The van der Waals surface area contributed by atoms with Crippen molar-refractivity contribution in [1.82, 2.24) is 5.32 Å². The number of nitrogens with two attached hydrogens (primary N) is 1. The molecule has 1 aromatic carbocycles. The van der Waals surface area contributed by atoms with Gasteiger partial charge in [-0.15, -0.1) is 0 Å². The van der Waals surface area contributed by atoms with Crippen molar-refractivity contribution in [3.05, 3.63) is 33.9 Å². The molecule has 0 heterocycles. The van der Waals surface area contributed by atoms with E-state index in [0.717, 1.165) is 0 Å². The molecule has 0 radical (unpaired) electrons. The van der Waals surface area contributed by atoms with E-state index in [1.54, 1.807) is 13.2 Å². The summed E-state index contributed by atoms with van der Waals surface area (Å²) in [7, 11) is -1.01. The Hall–Kier alpha value is -1.96. The summed E-state index contributed by atoms with van der Waals surface area (Å²) in [6.07, 6.45) is 1.55. The lowest BCUT2D eigenvalue weighted by molar-refractivity contribution is -0.383. The normalized spacial score (nSPS) is 13.6. The zero-order valence-corrected chi connectivity index (χ0v) is 11.4. The van der Waals surface area contributed by atoms with Crippen molar-refractivity contribution in [3.63, 3.8) is 0 Å². The van der Waals surface area contributed by atoms with Gasteiger partial charge in [-0.1, -0.05) is 0 Å². The van der Waals surface area contributed by atoms with E-state index in [2.05, 4.69) is 5.32 Å². The number of nitro groups is 1. The maximum absolute atomic E-state index is 11.8. The van der Waals surface area contributed by atoms with Gasteiger partial charge in [-0.3, -0.25) is 19.1 Å². The number of anilines is 1. The zero-order chi connectivity index (χ0) is 14.6. The molecule has 1 aromatic rings. The van der Waals surface area contributed by atoms with Gasteiger partial charge in [0.25, 0.3) is 11.6 Å². The number of carbonyl (C=O) groups excluding carboxylic acids is 1. The first kappa shape index (κ1) is 15.1. The van der Waals surface area contributed by atoms with Crippen molar-refractivity contribution in [1.29, 1.82) is 0 Å². The number of hydrogen-bond acceptors (Lipinski definition) is 5. The average Bonchev–Trinajstić information content (AvgIpc) is 2.26. The third-order valence-corrected chi connectivity index (χ3v) is 3.32. The van der Waals surface area contributed by atoms with Crippen molar-refractivity contribution in [2.24, 2.45) is 0 Å². The highest BCUT2D eigenvalue weighted by atomic mass is 32.2. The predicted molar refractivity (Wildman–Crippen MR) is 73.4 cm³/mol. The molecule has 7 nitrogen and oxygen atoms in total. The van der Waals surface area contributed by atoms with E-state index < -0.39 is 21.6 Å². The van der Waals surface area contributed by atoms with Crippen molar-refractivity contribution in [2.45, 2.75) is 13.0 Å². The van der Waals surface area contributed by atoms with Gasteiger partial charge in [-0.05, 0) is 19.1 Å². The number of nitrogens with zero attached hydrogens (tertiary/aromatic N) is 1. The van der Waals surface area contributed by atoms with E-state index in [0.29, 0.717) is 5.75 Å². The first-order valence-electron chi connectivity index (χ1n) is 5.46. The molecule has 19 heavy (non-hydrogen) atoms. The van der Waals surface area contributed by atoms with Gasteiger partial charge < -0.3 is 11.1 Å². The average molecular weight is 285 g/mol. The molecule has 3 N–H and O–H groups in total. The molecule has 0 saturated carbocycles. The second-order valence-electron chi connectivity index (χ2n) is 4.15. The highest BCUT2D eigenvalue weighted by Gasteiger charge is 2.16. The number of nitrogens with one attached hydrogen (secondary N) is 1. The Bertz CT molecular complexity index is 533. The number of benzene rings is 1. The second-order valence-corrected chi connectivity index (χ2v) is 5.62. The SMILES string of the molecule is CC(CS(C)=O)NC(=O)c1ccc([N+](=O)[O-])c(N)c1. The molecule has 2 unspecified atom stereocenters. The number of nitro benzene ring substituents is 1. The lowest BCUT2D eigenvalue weighted by atomic mass is 10.1. The summed E-state index contributed by atoms with van der Waals surface area (Å²) in [5, 5.41) is 13.2. The van der Waals surface area contributed by atoms with Gasteiger partial charge in [0.2, 0.25) is 0 Å². The van der Waals surface area contributed by atoms with Crippen LogP contribution < -0.4 is 11.1 Å². The maximum Gasteiger partial charge on any atom is 0.292 e. The fraction of sp³-hybridized carbons (Fsp3) is 0.364. The Morgan fingerprint density at radius 1 is 1.58 bits per heavy atom. The molecule has 0 saturated heterocycles. The van der Waals surface area contributed by atoms with E-state index in [1.807, 2.05) is 0 Å². The Balaban J connectivity index is 2.81. The smallest absolute Gasteiger partial charge is 0.292 e. The van der Waals surface area contributed by atoms with Crippen LogP contribution in [0.2, 0.25) is 0 Å². The lowest BCUT2D eigenvalue weighted by Crippen LogP contribution is -2.36. The molecule has 8 heteroatoms. The molecule has 2 atom stereocenters. The summed E-state index contributed by atoms with van der Waals surface area (Å²) in [4.78, 5) is 21.8. The molecule has 1 rings (SSSR count). The molecular formula is C11H15N3O4S. The molecule has 0 aliphatic heterocycles. The van der Waals surface area contributed by atoms with E-state index in [1.165, 1.54) is 18.2 Å². The number of nitrogen functional groups attached to an aromatic ring is 1. The highest BCUT2D eigenvalue weighted by molar-refractivity contribution is 7.84. The van der Waals surface area contributed by atoms with Gasteiger partial charge in [0, 0.05) is 40.5 Å². The fourth-order valence-corrected chi connectivity index (χ4v) is 2.35. The minimum absolute atomic E-state index is 0.0654. The van der Waals surface area contributed by atoms with Gasteiger partial charge in [0.1, 0.15) is 5.69 Å². The lowest BCUT2D eigenvalue weighted by Gasteiger charge is -2.12. The van der Waals surface area contributed by atoms with Crippen molar-refractivity contribution in [2.75, 3.05) is 17.7 Å². The van der Waals surface area contributed by atoms with Crippen LogP contribution in [0.25, 0.3) is 0 Å². The van der Waals surface area contributed by atoms with E-state index >= 15 is 0 Å². The van der Waals surface area contributed by atoms with Crippen molar-refractivity contribution < 1.29 is 13.9 Å². The quantitative estimate of drug-likeness (QED) is 0.469. The van der Waals surface area contributed by atoms with Gasteiger partial charge in [-0.2, -0.15) is 0 Å². The topological polar surface area (TPSA) is 115 Å². The molecule has 1 amide bonds. The van der Waals surface area contributed by atoms with Gasteiger partial charge >= 0.3 is 0 Å². The Morgan fingerprint density at radius 3 is 2.68 bits per heavy atom. The van der Waals surface area contributed by atoms with Crippen molar-refractivity contribution >= 4 is 28.1 Å². The molecule has 0 bridgehead atoms. The Labute approximate surface area is 112 Å². The fourth-order valence-electron chi connectivity index (χ4n) is 1.56. The van der Waals surface area contributed by atoms with Gasteiger partial charge in [-0.25, -0.2) is 0 Å². The van der Waals surface area contributed by atoms with Crippen LogP contribution in [-0.4, -0.2) is 33.1 Å². The minimum atomic E-state index is -1.01. The highest BCUT2D eigenvalue weighted by Crippen LogP contribution is 2.21. The summed E-state index contributed by atoms with van der Waals surface area (Å²) in [6, 6.07) is 3.52. The summed E-state index contributed by atoms with van der Waals surface area (Å²) in [5.74, 6) is -0.0617. The molecule has 0 aliphatic carbocycles. The van der Waals surface area contributed by atoms with E-state index in [-0.39, 0.29) is 23.0 Å². The molecule has 0 aromatic heterocycles. The summed E-state index contributed by atoms with van der Waals surface area (Å²) >= 11 is 0. The van der Waals surface area contributed by atoms with Gasteiger partial charge in [0.05, 0.1) is 4.92 Å². The van der Waals surface area contributed by atoms with E-state index in [9.17, 15) is 19.1 Å². The number of hydrogen-bond donors (Lipinski definition) is 2. The molecular weight excluding hydrogens is 270 g/mol. The number of amides is 1. The van der Waals surface area contributed by atoms with Gasteiger partial charge in [0.15, 0.2) is 0 Å². The first-order chi connectivity index (χ1) is 8.81. The van der Waals surface area contributed by atoms with Crippen LogP contribution in [0.3, 0.4) is 0 Å². The van der Waals surface area contributed by atoms with Crippen molar-refractivity contribution in [3.8, 4) is 0 Å². The zero-order valence-electron chi connectivity index (χ0n) is 10.6. The first-order valence-corrected chi connectivity index (χ1v) is 7.18. The second kappa shape index (κ2) is 6.28. The summed E-state index contributed by atoms with van der Waals surface area (Å²) in [5.41, 5.74) is 5.43. The largest absolute Gasteiger partial charge is 0.393 e. The minimum Gasteiger partial charge on any atom is -0.393 e. The number of carbonyl (C=O) groups is 1. The Kier molecular flexibility index (Phi) is 4.99. The van der Waals surface area contributed by atoms with Crippen LogP contribution in [0, 0.1) is 10.1 Å². The van der Waals surface area contributed by atoms with E-state index in [4.69, 9.17) is 5.73 Å². The van der Waals surface area contributed by atoms with Crippen LogP contribution in [0.4, 0.5) is 11.4 Å². The van der Waals surface area contributed by atoms with Crippen LogP contribution >= 0.6 is 0 Å². The summed E-state index contributed by atoms with van der Waals surface area (Å²) < 4.78 is 11.0. The molecule has 0 spiro atoms. The third-order valence-electron chi connectivity index (χ3n) is 2.35.